The molecule has 0 aliphatic carbocycles. The van der Waals surface area contributed by atoms with Crippen molar-refractivity contribution < 1.29 is 5.11 Å². The molecule has 24 heavy (non-hydrogen) atoms. The third-order valence-electron chi connectivity index (χ3n) is 4.54. The molecule has 1 unspecified atom stereocenters. The fourth-order valence-electron chi connectivity index (χ4n) is 3.07. The van der Waals surface area contributed by atoms with Crippen molar-refractivity contribution in [2.24, 2.45) is 11.5 Å². The Balaban J connectivity index is 1.95. The van der Waals surface area contributed by atoms with Gasteiger partial charge in [0, 0.05) is 12.2 Å². The summed E-state index contributed by atoms with van der Waals surface area (Å²) in [5.41, 5.74) is 20.3. The molecule has 0 fully saturated rings. The van der Waals surface area contributed by atoms with Crippen LogP contribution in [-0.4, -0.2) is 11.7 Å². The number of aryl methyl sites for hydroxylation is 1. The third-order valence-corrected chi connectivity index (χ3v) is 4.54. The number of benzene rings is 2. The Morgan fingerprint density at radius 3 is 2.29 bits per heavy atom. The van der Waals surface area contributed by atoms with Crippen molar-refractivity contribution in [1.82, 2.24) is 0 Å². The summed E-state index contributed by atoms with van der Waals surface area (Å²) in [7, 11) is 0. The first-order chi connectivity index (χ1) is 11.6. The second-order valence-electron chi connectivity index (χ2n) is 6.42. The molecule has 4 nitrogen and oxygen atoms in total. The van der Waals surface area contributed by atoms with Crippen molar-refractivity contribution in [3.63, 3.8) is 0 Å². The lowest BCUT2D eigenvalue weighted by Gasteiger charge is -2.29. The zero-order valence-electron chi connectivity index (χ0n) is 14.2. The molecule has 0 heterocycles. The largest absolute Gasteiger partial charge is 0.399 e. The number of rotatable bonds is 9. The summed E-state index contributed by atoms with van der Waals surface area (Å²) < 4.78 is 0. The zero-order valence-corrected chi connectivity index (χ0v) is 14.2. The summed E-state index contributed by atoms with van der Waals surface area (Å²) in [6.07, 6.45) is 4.21. The second-order valence-corrected chi connectivity index (χ2v) is 6.42. The minimum absolute atomic E-state index is 0.460. The molecule has 0 aromatic heterocycles. The molecular formula is C20H29N3O. The van der Waals surface area contributed by atoms with E-state index in [9.17, 15) is 5.11 Å². The van der Waals surface area contributed by atoms with Gasteiger partial charge < -0.3 is 22.3 Å². The van der Waals surface area contributed by atoms with Gasteiger partial charge in [0.05, 0.1) is 5.60 Å². The minimum Gasteiger partial charge on any atom is -0.399 e. The average molecular weight is 327 g/mol. The number of hydrogen-bond acceptors (Lipinski definition) is 4. The van der Waals surface area contributed by atoms with Gasteiger partial charge in [0.2, 0.25) is 0 Å². The number of anilines is 1. The smallest absolute Gasteiger partial charge is 0.0908 e. The maximum Gasteiger partial charge on any atom is 0.0908 e. The Bertz CT molecular complexity index is 627. The molecule has 130 valence electrons. The first-order valence-corrected chi connectivity index (χ1v) is 8.64. The van der Waals surface area contributed by atoms with Crippen LogP contribution in [0, 0.1) is 0 Å². The van der Waals surface area contributed by atoms with E-state index in [4.69, 9.17) is 17.2 Å². The molecule has 2 aromatic rings. The van der Waals surface area contributed by atoms with Crippen molar-refractivity contribution >= 4 is 5.69 Å². The lowest BCUT2D eigenvalue weighted by atomic mass is 9.84. The molecule has 0 spiro atoms. The van der Waals surface area contributed by atoms with Gasteiger partial charge in [0.15, 0.2) is 0 Å². The number of unbranched alkanes of at least 4 members (excludes halogenated alkanes) is 1. The highest BCUT2D eigenvalue weighted by Gasteiger charge is 2.27. The van der Waals surface area contributed by atoms with Crippen LogP contribution in [0.1, 0.15) is 42.4 Å². The molecular weight excluding hydrogens is 298 g/mol. The predicted octanol–water partition coefficient (Wildman–Crippen LogP) is 2.68. The Labute approximate surface area is 144 Å². The van der Waals surface area contributed by atoms with E-state index in [1.807, 2.05) is 36.4 Å². The van der Waals surface area contributed by atoms with Crippen LogP contribution in [-0.2, 0) is 18.6 Å². The number of nitrogen functional groups attached to an aromatic ring is 1. The summed E-state index contributed by atoms with van der Waals surface area (Å²) in [6, 6.07) is 15.9. The van der Waals surface area contributed by atoms with Gasteiger partial charge in [-0.05, 0) is 67.5 Å². The zero-order chi connectivity index (χ0) is 17.4. The summed E-state index contributed by atoms with van der Waals surface area (Å²) in [5, 5.41) is 11.1. The molecule has 0 radical (unpaired) electrons. The highest BCUT2D eigenvalue weighted by Crippen LogP contribution is 2.31. The number of nitrogens with two attached hydrogens (primary N) is 3. The van der Waals surface area contributed by atoms with Crippen LogP contribution in [0.15, 0.2) is 48.5 Å². The lowest BCUT2D eigenvalue weighted by Crippen LogP contribution is -2.29. The molecule has 0 saturated heterocycles. The Kier molecular flexibility index (Phi) is 6.79. The van der Waals surface area contributed by atoms with Crippen LogP contribution in [0.4, 0.5) is 5.69 Å². The highest BCUT2D eigenvalue weighted by molar-refractivity contribution is 5.39. The van der Waals surface area contributed by atoms with Gasteiger partial charge in [-0.1, -0.05) is 36.4 Å². The number of hydrogen-bond donors (Lipinski definition) is 4. The molecule has 4 heteroatoms. The average Bonchev–Trinajstić information content (AvgIpc) is 2.60. The first kappa shape index (κ1) is 18.5. The number of aliphatic hydroxyl groups is 1. The van der Waals surface area contributed by atoms with Gasteiger partial charge in [-0.3, -0.25) is 0 Å². The van der Waals surface area contributed by atoms with Gasteiger partial charge in [0.1, 0.15) is 0 Å². The Hall–Kier alpha value is -1.88. The summed E-state index contributed by atoms with van der Waals surface area (Å²) in [5.74, 6) is 0. The molecule has 0 aliphatic heterocycles. The summed E-state index contributed by atoms with van der Waals surface area (Å²) in [4.78, 5) is 0. The van der Waals surface area contributed by atoms with Crippen LogP contribution in [0.3, 0.4) is 0 Å². The van der Waals surface area contributed by atoms with E-state index in [1.165, 1.54) is 5.56 Å². The lowest BCUT2D eigenvalue weighted by molar-refractivity contribution is 0.0184. The van der Waals surface area contributed by atoms with Crippen LogP contribution in [0.2, 0.25) is 0 Å². The van der Waals surface area contributed by atoms with Gasteiger partial charge >= 0.3 is 0 Å². The van der Waals surface area contributed by atoms with Crippen LogP contribution >= 0.6 is 0 Å². The van der Waals surface area contributed by atoms with Crippen molar-refractivity contribution in [2.75, 3.05) is 12.3 Å². The first-order valence-electron chi connectivity index (χ1n) is 8.64. The maximum absolute atomic E-state index is 11.1. The Morgan fingerprint density at radius 2 is 1.62 bits per heavy atom. The molecule has 1 atom stereocenters. The van der Waals surface area contributed by atoms with E-state index >= 15 is 0 Å². The SMILES string of the molecule is NCCC(O)(CCCCc1ccc(N)cc1)c1cccc(CN)c1. The van der Waals surface area contributed by atoms with Gasteiger partial charge in [0.25, 0.3) is 0 Å². The molecule has 7 N–H and O–H groups in total. The van der Waals surface area contributed by atoms with Gasteiger partial charge in [-0.25, -0.2) is 0 Å². The topological polar surface area (TPSA) is 98.3 Å². The van der Waals surface area contributed by atoms with Gasteiger partial charge in [-0.2, -0.15) is 0 Å². The van der Waals surface area contributed by atoms with Crippen LogP contribution in [0.25, 0.3) is 0 Å². The maximum atomic E-state index is 11.1. The van der Waals surface area contributed by atoms with E-state index in [0.29, 0.717) is 25.9 Å². The van der Waals surface area contributed by atoms with Crippen LogP contribution in [0.5, 0.6) is 0 Å². The van der Waals surface area contributed by atoms with Crippen molar-refractivity contribution in [3.05, 3.63) is 65.2 Å². The highest BCUT2D eigenvalue weighted by atomic mass is 16.3. The molecule has 2 rings (SSSR count). The van der Waals surface area contributed by atoms with E-state index in [2.05, 4.69) is 12.1 Å². The molecule has 0 saturated carbocycles. The standard InChI is InChI=1S/C20H29N3O/c21-13-12-20(24,18-6-3-5-17(14-18)15-22)11-2-1-4-16-7-9-19(23)10-8-16/h3,5-10,14,24H,1-2,4,11-13,15,21-23H2. The van der Waals surface area contributed by atoms with E-state index in [1.54, 1.807) is 0 Å². The van der Waals surface area contributed by atoms with Crippen molar-refractivity contribution in [1.29, 1.82) is 0 Å². The third kappa shape index (κ3) is 5.06. The fraction of sp³-hybridized carbons (Fsp3) is 0.400. The normalized spacial score (nSPS) is 13.6. The predicted molar refractivity (Wildman–Crippen MR) is 100 cm³/mol. The minimum atomic E-state index is -0.874. The molecule has 0 aliphatic rings. The van der Waals surface area contributed by atoms with E-state index in [-0.39, 0.29) is 0 Å². The quantitative estimate of drug-likeness (QED) is 0.420. The second kappa shape index (κ2) is 8.83. The van der Waals surface area contributed by atoms with E-state index in [0.717, 1.165) is 36.1 Å². The Morgan fingerprint density at radius 1 is 0.875 bits per heavy atom. The van der Waals surface area contributed by atoms with Crippen LogP contribution < -0.4 is 17.2 Å². The molecule has 0 bridgehead atoms. The van der Waals surface area contributed by atoms with E-state index < -0.39 is 5.60 Å². The molecule has 2 aromatic carbocycles. The summed E-state index contributed by atoms with van der Waals surface area (Å²) >= 11 is 0. The summed E-state index contributed by atoms with van der Waals surface area (Å²) in [6.45, 7) is 0.936. The van der Waals surface area contributed by atoms with Crippen molar-refractivity contribution in [2.45, 2.75) is 44.2 Å². The van der Waals surface area contributed by atoms with Crippen molar-refractivity contribution in [3.8, 4) is 0 Å². The fourth-order valence-corrected chi connectivity index (χ4v) is 3.07. The van der Waals surface area contributed by atoms with Gasteiger partial charge in [-0.15, -0.1) is 0 Å². The molecule has 0 amide bonds. The monoisotopic (exact) mass is 327 g/mol.